The van der Waals surface area contributed by atoms with E-state index in [0.29, 0.717) is 17.5 Å². The van der Waals surface area contributed by atoms with E-state index in [1.807, 2.05) is 6.07 Å². The molecule has 3 rings (SSSR count). The predicted octanol–water partition coefficient (Wildman–Crippen LogP) is 1.62. The highest BCUT2D eigenvalue weighted by Gasteiger charge is 2.26. The number of rotatable bonds is 2. The van der Waals surface area contributed by atoms with Crippen LogP contribution < -0.4 is 5.32 Å². The molecule has 88 valence electrons. The predicted molar refractivity (Wildman–Crippen MR) is 66.7 cm³/mol. The van der Waals surface area contributed by atoms with Crippen LogP contribution in [0.5, 0.6) is 0 Å². The number of fused-ring (bicyclic) bond motifs is 1. The van der Waals surface area contributed by atoms with E-state index in [2.05, 4.69) is 31.2 Å². The van der Waals surface area contributed by atoms with Crippen molar-refractivity contribution in [2.45, 2.75) is 18.9 Å². The van der Waals surface area contributed by atoms with E-state index in [9.17, 15) is 4.79 Å². The molecule has 6 heteroatoms. The van der Waals surface area contributed by atoms with Crippen molar-refractivity contribution in [3.8, 4) is 0 Å². The third kappa shape index (κ3) is 1.93. The standard InChI is InChI=1S/C11H11BrN4O/c1-16-9-8(4-6(12)5-13-9)15-10(16)11(17)14-7-2-3-7/h4-5,7H,2-3H2,1H3,(H,14,17). The number of hydrogen-bond donors (Lipinski definition) is 1. The van der Waals surface area contributed by atoms with E-state index < -0.39 is 0 Å². The molecule has 1 N–H and O–H groups in total. The lowest BCUT2D eigenvalue weighted by molar-refractivity contribution is 0.0938. The first-order valence-corrected chi connectivity index (χ1v) is 6.23. The number of carbonyl (C=O) groups is 1. The molecule has 17 heavy (non-hydrogen) atoms. The van der Waals surface area contributed by atoms with Crippen molar-refractivity contribution in [3.05, 3.63) is 22.6 Å². The van der Waals surface area contributed by atoms with Crippen molar-refractivity contribution in [2.75, 3.05) is 0 Å². The Hall–Kier alpha value is -1.43. The third-order valence-electron chi connectivity index (χ3n) is 2.79. The summed E-state index contributed by atoms with van der Waals surface area (Å²) < 4.78 is 2.58. The van der Waals surface area contributed by atoms with Crippen molar-refractivity contribution in [1.29, 1.82) is 0 Å². The first kappa shape index (κ1) is 10.7. The summed E-state index contributed by atoms with van der Waals surface area (Å²) in [5.74, 6) is 0.293. The Balaban J connectivity index is 2.03. The van der Waals surface area contributed by atoms with Crippen molar-refractivity contribution in [3.63, 3.8) is 0 Å². The number of carbonyl (C=O) groups excluding carboxylic acids is 1. The fraction of sp³-hybridized carbons (Fsp3) is 0.364. The van der Waals surface area contributed by atoms with Crippen LogP contribution in [0.15, 0.2) is 16.7 Å². The Morgan fingerprint density at radius 1 is 1.59 bits per heavy atom. The van der Waals surface area contributed by atoms with Crippen molar-refractivity contribution < 1.29 is 4.79 Å². The van der Waals surface area contributed by atoms with Gasteiger partial charge >= 0.3 is 0 Å². The second-order valence-corrected chi connectivity index (χ2v) is 5.15. The van der Waals surface area contributed by atoms with Crippen LogP contribution in [0, 0.1) is 0 Å². The van der Waals surface area contributed by atoms with Crippen LogP contribution in [-0.2, 0) is 7.05 Å². The number of nitrogens with zero attached hydrogens (tertiary/aromatic N) is 3. The number of pyridine rings is 1. The molecule has 0 aromatic carbocycles. The zero-order valence-corrected chi connectivity index (χ0v) is 10.9. The van der Waals surface area contributed by atoms with E-state index in [1.165, 1.54) is 0 Å². The van der Waals surface area contributed by atoms with Gasteiger partial charge in [0, 0.05) is 23.8 Å². The topological polar surface area (TPSA) is 59.8 Å². The van der Waals surface area contributed by atoms with Gasteiger partial charge in [0.1, 0.15) is 5.52 Å². The van der Waals surface area contributed by atoms with Gasteiger partial charge < -0.3 is 9.88 Å². The Morgan fingerprint density at radius 3 is 3.06 bits per heavy atom. The average molecular weight is 295 g/mol. The number of aryl methyl sites for hydroxylation is 1. The molecule has 2 aromatic heterocycles. The van der Waals surface area contributed by atoms with Crippen LogP contribution in [0.3, 0.4) is 0 Å². The molecule has 1 saturated carbocycles. The highest BCUT2D eigenvalue weighted by Crippen LogP contribution is 2.21. The number of nitrogens with one attached hydrogen (secondary N) is 1. The van der Waals surface area contributed by atoms with Gasteiger partial charge in [-0.3, -0.25) is 4.79 Å². The second kappa shape index (κ2) is 3.80. The highest BCUT2D eigenvalue weighted by atomic mass is 79.9. The molecule has 2 heterocycles. The smallest absolute Gasteiger partial charge is 0.287 e. The minimum Gasteiger partial charge on any atom is -0.347 e. The van der Waals surface area contributed by atoms with Gasteiger partial charge in [0.25, 0.3) is 5.91 Å². The van der Waals surface area contributed by atoms with Crippen molar-refractivity contribution >= 4 is 33.0 Å². The lowest BCUT2D eigenvalue weighted by Crippen LogP contribution is -2.28. The SMILES string of the molecule is Cn1c(C(=O)NC2CC2)nc2cc(Br)cnc21. The first-order valence-electron chi connectivity index (χ1n) is 5.44. The number of aromatic nitrogens is 3. The van der Waals surface area contributed by atoms with Crippen LogP contribution >= 0.6 is 15.9 Å². The Labute approximate surface area is 106 Å². The zero-order chi connectivity index (χ0) is 12.0. The van der Waals surface area contributed by atoms with Gasteiger partial charge in [-0.2, -0.15) is 0 Å². The molecule has 0 spiro atoms. The van der Waals surface area contributed by atoms with Crippen molar-refractivity contribution in [1.82, 2.24) is 19.9 Å². The first-order chi connectivity index (χ1) is 8.15. The molecule has 5 nitrogen and oxygen atoms in total. The Bertz CT molecular complexity index is 603. The maximum atomic E-state index is 11.9. The normalized spacial score (nSPS) is 15.2. The van der Waals surface area contributed by atoms with Gasteiger partial charge in [0.15, 0.2) is 5.65 Å². The van der Waals surface area contributed by atoms with E-state index >= 15 is 0 Å². The van der Waals surface area contributed by atoms with Gasteiger partial charge in [-0.05, 0) is 34.8 Å². The van der Waals surface area contributed by atoms with Crippen LogP contribution in [0.1, 0.15) is 23.5 Å². The molecule has 0 saturated heterocycles. The number of imidazole rings is 1. The minimum atomic E-state index is -0.121. The lowest BCUT2D eigenvalue weighted by atomic mass is 10.4. The van der Waals surface area contributed by atoms with E-state index in [1.54, 1.807) is 17.8 Å². The summed E-state index contributed by atoms with van der Waals surface area (Å²) in [5.41, 5.74) is 1.44. The highest BCUT2D eigenvalue weighted by molar-refractivity contribution is 9.10. The molecular weight excluding hydrogens is 284 g/mol. The van der Waals surface area contributed by atoms with Gasteiger partial charge in [0.05, 0.1) is 0 Å². The summed E-state index contributed by atoms with van der Waals surface area (Å²) >= 11 is 3.34. The fourth-order valence-corrected chi connectivity index (χ4v) is 2.05. The zero-order valence-electron chi connectivity index (χ0n) is 9.27. The summed E-state index contributed by atoms with van der Waals surface area (Å²) in [6.07, 6.45) is 3.84. The summed E-state index contributed by atoms with van der Waals surface area (Å²) in [6, 6.07) is 2.19. The average Bonchev–Trinajstić information content (AvgIpc) is 3.03. The maximum Gasteiger partial charge on any atom is 0.287 e. The van der Waals surface area contributed by atoms with Crippen LogP contribution in [-0.4, -0.2) is 26.5 Å². The molecule has 1 amide bonds. The molecule has 1 fully saturated rings. The summed E-state index contributed by atoms with van der Waals surface area (Å²) in [4.78, 5) is 20.5. The molecule has 1 aliphatic carbocycles. The van der Waals surface area contributed by atoms with E-state index in [-0.39, 0.29) is 5.91 Å². The van der Waals surface area contributed by atoms with Crippen LogP contribution in [0.4, 0.5) is 0 Å². The van der Waals surface area contributed by atoms with Gasteiger partial charge in [-0.1, -0.05) is 0 Å². The van der Waals surface area contributed by atoms with E-state index in [0.717, 1.165) is 22.8 Å². The molecule has 0 radical (unpaired) electrons. The van der Waals surface area contributed by atoms with Crippen molar-refractivity contribution in [2.24, 2.45) is 7.05 Å². The molecule has 0 bridgehead atoms. The summed E-state index contributed by atoms with van der Waals surface area (Å²) in [7, 11) is 1.80. The van der Waals surface area contributed by atoms with Gasteiger partial charge in [-0.25, -0.2) is 9.97 Å². The van der Waals surface area contributed by atoms with Crippen LogP contribution in [0.2, 0.25) is 0 Å². The molecule has 0 atom stereocenters. The largest absolute Gasteiger partial charge is 0.347 e. The quantitative estimate of drug-likeness (QED) is 0.916. The lowest BCUT2D eigenvalue weighted by Gasteiger charge is -2.02. The molecule has 2 aromatic rings. The fourth-order valence-electron chi connectivity index (χ4n) is 1.73. The Kier molecular flexibility index (Phi) is 2.39. The summed E-state index contributed by atoms with van der Waals surface area (Å²) in [6.45, 7) is 0. The molecular formula is C11H11BrN4O. The molecule has 1 aliphatic rings. The molecule has 0 aliphatic heterocycles. The molecule has 0 unspecified atom stereocenters. The van der Waals surface area contributed by atoms with Gasteiger partial charge in [-0.15, -0.1) is 0 Å². The van der Waals surface area contributed by atoms with Gasteiger partial charge in [0.2, 0.25) is 5.82 Å². The maximum absolute atomic E-state index is 11.9. The Morgan fingerprint density at radius 2 is 2.35 bits per heavy atom. The third-order valence-corrected chi connectivity index (χ3v) is 3.22. The minimum absolute atomic E-state index is 0.121. The number of halogens is 1. The number of amides is 1. The van der Waals surface area contributed by atoms with Crippen LogP contribution in [0.25, 0.3) is 11.2 Å². The number of hydrogen-bond acceptors (Lipinski definition) is 3. The summed E-state index contributed by atoms with van der Waals surface area (Å²) in [5, 5.41) is 2.92. The second-order valence-electron chi connectivity index (χ2n) is 4.24. The monoisotopic (exact) mass is 294 g/mol. The van der Waals surface area contributed by atoms with E-state index in [4.69, 9.17) is 0 Å².